The number of hydrogen-bond acceptors (Lipinski definition) is 1. The van der Waals surface area contributed by atoms with Crippen LogP contribution in [0.2, 0.25) is 0 Å². The van der Waals surface area contributed by atoms with Gasteiger partial charge >= 0.3 is 6.36 Å². The SMILES string of the molecule is Fc1cc(-c2ccc3ccc4c(-c5c6ccccc6c(-c6cccc(-c7ccc(OC(F)(F)F)cc7)c6)c6ccccc56)ccc5ccc2c3c54)cc(F)c1F. The Bertz CT molecular complexity index is 3100. The van der Waals surface area contributed by atoms with Gasteiger partial charge in [0.1, 0.15) is 5.75 Å². The second kappa shape index (κ2) is 12.6. The van der Waals surface area contributed by atoms with Crippen LogP contribution in [0.5, 0.6) is 5.75 Å². The Morgan fingerprint density at radius 1 is 0.375 bits per heavy atom. The van der Waals surface area contributed by atoms with E-state index in [1.807, 2.05) is 66.7 Å². The van der Waals surface area contributed by atoms with Gasteiger partial charge in [-0.2, -0.15) is 0 Å². The lowest BCUT2D eigenvalue weighted by Gasteiger charge is -2.21. The van der Waals surface area contributed by atoms with Crippen molar-refractivity contribution in [2.45, 2.75) is 6.36 Å². The van der Waals surface area contributed by atoms with Gasteiger partial charge in [-0.15, -0.1) is 13.2 Å². The van der Waals surface area contributed by atoms with E-state index < -0.39 is 23.8 Å². The summed E-state index contributed by atoms with van der Waals surface area (Å²) < 4.78 is 85.5. The van der Waals surface area contributed by atoms with Crippen molar-refractivity contribution in [1.29, 1.82) is 0 Å². The summed E-state index contributed by atoms with van der Waals surface area (Å²) in [7, 11) is 0. The molecule has 1 nitrogen and oxygen atoms in total. The minimum atomic E-state index is -4.77. The molecule has 0 heterocycles. The van der Waals surface area contributed by atoms with Crippen molar-refractivity contribution in [3.05, 3.63) is 175 Å². The molecule has 0 aliphatic rings. The van der Waals surface area contributed by atoms with Crippen molar-refractivity contribution < 1.29 is 31.1 Å². The van der Waals surface area contributed by atoms with Gasteiger partial charge in [-0.3, -0.25) is 0 Å². The number of hydrogen-bond donors (Lipinski definition) is 0. The van der Waals surface area contributed by atoms with Crippen molar-refractivity contribution >= 4 is 53.9 Å². The molecule has 10 aromatic rings. The summed E-state index contributed by atoms with van der Waals surface area (Å²) in [5.74, 6) is -4.26. The van der Waals surface area contributed by atoms with Crippen LogP contribution in [0.3, 0.4) is 0 Å². The largest absolute Gasteiger partial charge is 0.573 e. The van der Waals surface area contributed by atoms with E-state index in [9.17, 15) is 26.3 Å². The fourth-order valence-corrected chi connectivity index (χ4v) is 8.41. The van der Waals surface area contributed by atoms with Crippen LogP contribution in [0.4, 0.5) is 26.3 Å². The number of halogens is 6. The van der Waals surface area contributed by atoms with E-state index in [1.165, 1.54) is 12.1 Å². The van der Waals surface area contributed by atoms with Crippen molar-refractivity contribution in [2.24, 2.45) is 0 Å². The smallest absolute Gasteiger partial charge is 0.406 e. The van der Waals surface area contributed by atoms with Gasteiger partial charge in [0.15, 0.2) is 17.5 Å². The molecule has 56 heavy (non-hydrogen) atoms. The molecule has 0 fully saturated rings. The van der Waals surface area contributed by atoms with E-state index in [0.29, 0.717) is 5.56 Å². The topological polar surface area (TPSA) is 9.23 Å². The van der Waals surface area contributed by atoms with E-state index in [-0.39, 0.29) is 11.3 Å². The molecule has 0 aromatic heterocycles. The standard InChI is InChI=1S/C49H26F6O/c50-42-25-32(26-43(51)48(42)52)34-20-14-28-16-22-40-41(23-17-29-15-21-39(34)45(28)46(29)40)47-37-10-3-1-8-35(37)44(36-9-2-4-11-38(36)47)31-7-5-6-30(24-31)27-12-18-33(19-13-27)56-49(53,54)55/h1-26H. The summed E-state index contributed by atoms with van der Waals surface area (Å²) in [6.45, 7) is 0. The van der Waals surface area contributed by atoms with E-state index >= 15 is 0 Å². The van der Waals surface area contributed by atoms with Gasteiger partial charge in [0.25, 0.3) is 0 Å². The van der Waals surface area contributed by atoms with Crippen LogP contribution in [0, 0.1) is 17.5 Å². The van der Waals surface area contributed by atoms with Gasteiger partial charge in [-0.05, 0) is 129 Å². The molecule has 0 aliphatic heterocycles. The first-order valence-corrected chi connectivity index (χ1v) is 17.9. The van der Waals surface area contributed by atoms with Gasteiger partial charge in [0.2, 0.25) is 0 Å². The Labute approximate surface area is 316 Å². The van der Waals surface area contributed by atoms with E-state index in [1.54, 1.807) is 12.1 Å². The quantitative estimate of drug-likeness (QED) is 0.0738. The monoisotopic (exact) mass is 744 g/mol. The second-order valence-corrected chi connectivity index (χ2v) is 13.9. The Morgan fingerprint density at radius 3 is 1.45 bits per heavy atom. The van der Waals surface area contributed by atoms with Crippen LogP contribution in [-0.4, -0.2) is 6.36 Å². The third kappa shape index (κ3) is 5.41. The molecule has 0 N–H and O–H groups in total. The Hall–Kier alpha value is -6.86. The van der Waals surface area contributed by atoms with Gasteiger partial charge < -0.3 is 4.74 Å². The fourth-order valence-electron chi connectivity index (χ4n) is 8.41. The average Bonchev–Trinajstić information content (AvgIpc) is 3.20. The Balaban J connectivity index is 1.19. The summed E-state index contributed by atoms with van der Waals surface area (Å²) in [5, 5.41) is 9.88. The lowest BCUT2D eigenvalue weighted by atomic mass is 9.82. The van der Waals surface area contributed by atoms with Crippen LogP contribution in [0.15, 0.2) is 158 Å². The maximum absolute atomic E-state index is 14.5. The third-order valence-corrected chi connectivity index (χ3v) is 10.7. The van der Waals surface area contributed by atoms with E-state index in [0.717, 1.165) is 99.4 Å². The van der Waals surface area contributed by atoms with Gasteiger partial charge in [0, 0.05) is 0 Å². The van der Waals surface area contributed by atoms with Crippen LogP contribution in [0.1, 0.15) is 0 Å². The van der Waals surface area contributed by atoms with E-state index in [4.69, 9.17) is 0 Å². The highest BCUT2D eigenvalue weighted by atomic mass is 19.4. The molecular weight excluding hydrogens is 719 g/mol. The first-order chi connectivity index (χ1) is 27.1. The van der Waals surface area contributed by atoms with E-state index in [2.05, 4.69) is 59.3 Å². The van der Waals surface area contributed by atoms with Crippen molar-refractivity contribution in [3.8, 4) is 50.3 Å². The van der Waals surface area contributed by atoms with Gasteiger partial charge in [0.05, 0.1) is 0 Å². The maximum atomic E-state index is 14.5. The zero-order valence-electron chi connectivity index (χ0n) is 29.2. The number of fused-ring (bicyclic) bond motifs is 2. The predicted molar refractivity (Wildman–Crippen MR) is 213 cm³/mol. The molecular formula is C49H26F6O. The lowest BCUT2D eigenvalue weighted by molar-refractivity contribution is -0.274. The summed E-state index contributed by atoms with van der Waals surface area (Å²) >= 11 is 0. The highest BCUT2D eigenvalue weighted by Crippen LogP contribution is 2.48. The number of rotatable bonds is 5. The molecule has 10 aromatic carbocycles. The molecule has 7 heteroatoms. The molecule has 0 saturated heterocycles. The normalized spacial score (nSPS) is 12.1. The number of benzene rings is 10. The summed E-state index contributed by atoms with van der Waals surface area (Å²) in [6.07, 6.45) is -4.77. The van der Waals surface area contributed by atoms with Crippen LogP contribution in [-0.2, 0) is 0 Å². The van der Waals surface area contributed by atoms with Gasteiger partial charge in [-0.25, -0.2) is 13.2 Å². The molecule has 0 radical (unpaired) electrons. The molecule has 0 aliphatic carbocycles. The van der Waals surface area contributed by atoms with Crippen molar-refractivity contribution in [3.63, 3.8) is 0 Å². The number of ether oxygens (including phenoxy) is 1. The third-order valence-electron chi connectivity index (χ3n) is 10.7. The molecule has 0 saturated carbocycles. The van der Waals surface area contributed by atoms with Crippen molar-refractivity contribution in [2.75, 3.05) is 0 Å². The van der Waals surface area contributed by atoms with Crippen LogP contribution < -0.4 is 4.74 Å². The molecule has 0 atom stereocenters. The first-order valence-electron chi connectivity index (χ1n) is 17.9. The Morgan fingerprint density at radius 2 is 0.875 bits per heavy atom. The molecule has 270 valence electrons. The first kappa shape index (κ1) is 33.7. The van der Waals surface area contributed by atoms with Crippen molar-refractivity contribution in [1.82, 2.24) is 0 Å². The second-order valence-electron chi connectivity index (χ2n) is 13.9. The highest BCUT2D eigenvalue weighted by molar-refractivity contribution is 6.30. The van der Waals surface area contributed by atoms with Crippen LogP contribution >= 0.6 is 0 Å². The Kier molecular flexibility index (Phi) is 7.58. The zero-order valence-corrected chi connectivity index (χ0v) is 29.2. The molecule has 10 rings (SSSR count). The fraction of sp³-hybridized carbons (Fsp3) is 0.0204. The molecule has 0 unspecified atom stereocenters. The zero-order chi connectivity index (χ0) is 38.3. The average molecular weight is 745 g/mol. The lowest BCUT2D eigenvalue weighted by Crippen LogP contribution is -2.16. The minimum absolute atomic E-state index is 0.253. The predicted octanol–water partition coefficient (Wildman–Crippen LogP) is 14.9. The highest BCUT2D eigenvalue weighted by Gasteiger charge is 2.31. The van der Waals surface area contributed by atoms with Gasteiger partial charge in [-0.1, -0.05) is 127 Å². The molecule has 0 bridgehead atoms. The van der Waals surface area contributed by atoms with Crippen LogP contribution in [0.25, 0.3) is 98.4 Å². The molecule has 0 amide bonds. The summed E-state index contributed by atoms with van der Waals surface area (Å²) in [4.78, 5) is 0. The summed E-state index contributed by atoms with van der Waals surface area (Å²) in [6, 6.07) is 48.6. The molecule has 0 spiro atoms. The number of alkyl halides is 3. The summed E-state index contributed by atoms with van der Waals surface area (Å²) in [5.41, 5.74) is 6.50. The maximum Gasteiger partial charge on any atom is 0.573 e. The minimum Gasteiger partial charge on any atom is -0.406 e.